The molecule has 4 nitrogen and oxygen atoms in total. The summed E-state index contributed by atoms with van der Waals surface area (Å²) in [6.07, 6.45) is -26.4. The van der Waals surface area contributed by atoms with Crippen molar-refractivity contribution in [2.45, 2.75) is 36.4 Å². The molecule has 0 fully saturated rings. The van der Waals surface area contributed by atoms with Gasteiger partial charge in [0.2, 0.25) is 0 Å². The maximum Gasteiger partial charge on any atom is 0.474 e. The van der Waals surface area contributed by atoms with Gasteiger partial charge < -0.3 is 20.9 Å². The Morgan fingerprint density at radius 3 is 1.00 bits per heavy atom. The minimum atomic E-state index is -6.85. The van der Waals surface area contributed by atoms with Crippen molar-refractivity contribution >= 4 is 11.4 Å². The fraction of sp³-hybridized carbons (Fsp3) is 0.333. The molecule has 0 aliphatic carbocycles. The van der Waals surface area contributed by atoms with E-state index >= 15 is 0 Å². The molecular weight excluding hydrogens is 542 g/mol. The predicted molar refractivity (Wildman–Crippen MR) is 93.9 cm³/mol. The number of alkyl halides is 14. The zero-order chi connectivity index (χ0) is 28.1. The first-order valence-electron chi connectivity index (χ1n) is 8.77. The van der Waals surface area contributed by atoms with Gasteiger partial charge in [-0.2, -0.15) is 61.5 Å². The van der Waals surface area contributed by atoms with Gasteiger partial charge >= 0.3 is 36.4 Å². The van der Waals surface area contributed by atoms with Crippen LogP contribution in [0.4, 0.5) is 72.8 Å². The topological polar surface area (TPSA) is 70.5 Å². The van der Waals surface area contributed by atoms with Crippen LogP contribution in [0.5, 0.6) is 11.5 Å². The normalized spacial score (nSPS) is 14.1. The van der Waals surface area contributed by atoms with E-state index in [0.29, 0.717) is 12.1 Å². The summed E-state index contributed by atoms with van der Waals surface area (Å²) in [6.45, 7) is 0. The zero-order valence-corrected chi connectivity index (χ0v) is 16.7. The molecule has 0 saturated heterocycles. The molecule has 0 unspecified atom stereocenters. The third-order valence-corrected chi connectivity index (χ3v) is 4.22. The van der Waals surface area contributed by atoms with E-state index in [9.17, 15) is 61.5 Å². The molecule has 0 amide bonds. The number of rotatable bonds is 7. The first-order valence-corrected chi connectivity index (χ1v) is 8.77. The molecule has 0 atom stereocenters. The van der Waals surface area contributed by atoms with Gasteiger partial charge in [0, 0.05) is 34.6 Å². The van der Waals surface area contributed by atoms with E-state index in [4.69, 9.17) is 11.5 Å². The molecule has 2 aromatic rings. The second-order valence-electron chi connectivity index (χ2n) is 6.89. The molecule has 202 valence electrons. The number of halogens is 14. The quantitative estimate of drug-likeness (QED) is 0.291. The van der Waals surface area contributed by atoms with Crippen LogP contribution in [0, 0.1) is 0 Å². The Morgan fingerprint density at radius 1 is 0.472 bits per heavy atom. The Kier molecular flexibility index (Phi) is 6.94. The highest BCUT2D eigenvalue weighted by molar-refractivity contribution is 5.79. The monoisotopic (exact) mass is 552 g/mol. The summed E-state index contributed by atoms with van der Waals surface area (Å²) in [4.78, 5) is 0. The number of hydrogen-bond acceptors (Lipinski definition) is 4. The maximum atomic E-state index is 13.8. The van der Waals surface area contributed by atoms with Crippen LogP contribution in [0.15, 0.2) is 36.4 Å². The maximum absolute atomic E-state index is 13.8. The molecule has 0 radical (unpaired) electrons. The lowest BCUT2D eigenvalue weighted by Gasteiger charge is -2.30. The molecule has 0 aliphatic heterocycles. The summed E-state index contributed by atoms with van der Waals surface area (Å²) in [6, 6.07) is 2.93. The molecule has 0 spiro atoms. The minimum absolute atomic E-state index is 0.221. The number of ether oxygens (including phenoxy) is 2. The Balaban J connectivity index is 2.68. The van der Waals surface area contributed by atoms with Crippen molar-refractivity contribution in [1.29, 1.82) is 0 Å². The predicted octanol–water partition coefficient (Wildman–Crippen LogP) is 6.86. The smallest absolute Gasteiger partial charge is 0.427 e. The van der Waals surface area contributed by atoms with Crippen LogP contribution < -0.4 is 20.9 Å². The highest BCUT2D eigenvalue weighted by Crippen LogP contribution is 2.51. The van der Waals surface area contributed by atoms with Crippen molar-refractivity contribution in [2.75, 3.05) is 11.5 Å². The van der Waals surface area contributed by atoms with Crippen molar-refractivity contribution < 1.29 is 70.9 Å². The Labute approximate surface area is 190 Å². The highest BCUT2D eigenvalue weighted by atomic mass is 19.4. The summed E-state index contributed by atoms with van der Waals surface area (Å²) < 4.78 is 190. The van der Waals surface area contributed by atoms with E-state index < -0.39 is 70.4 Å². The fourth-order valence-corrected chi connectivity index (χ4v) is 2.43. The molecule has 0 aliphatic rings. The van der Waals surface area contributed by atoms with Gasteiger partial charge in [-0.3, -0.25) is 0 Å². The van der Waals surface area contributed by atoms with E-state index in [0.717, 1.165) is 12.1 Å². The van der Waals surface area contributed by atoms with Crippen molar-refractivity contribution in [3.63, 3.8) is 0 Å². The molecule has 0 heterocycles. The summed E-state index contributed by atoms with van der Waals surface area (Å²) in [5.74, 6) is -16.9. The molecule has 36 heavy (non-hydrogen) atoms. The van der Waals surface area contributed by atoms with Crippen molar-refractivity contribution in [3.05, 3.63) is 36.4 Å². The van der Waals surface area contributed by atoms with E-state index in [-0.39, 0.29) is 12.1 Å². The third kappa shape index (κ3) is 5.11. The summed E-state index contributed by atoms with van der Waals surface area (Å²) in [7, 11) is 0. The molecule has 0 saturated carbocycles. The van der Waals surface area contributed by atoms with Gasteiger partial charge in [0.1, 0.15) is 11.5 Å². The van der Waals surface area contributed by atoms with Gasteiger partial charge in [-0.15, -0.1) is 0 Å². The van der Waals surface area contributed by atoms with Gasteiger partial charge in [0.15, 0.2) is 0 Å². The molecule has 0 aromatic heterocycles. The fourth-order valence-electron chi connectivity index (χ4n) is 2.43. The van der Waals surface area contributed by atoms with E-state index in [1.807, 2.05) is 0 Å². The second kappa shape index (κ2) is 8.65. The summed E-state index contributed by atoms with van der Waals surface area (Å²) in [5.41, 5.74) is 7.06. The van der Waals surface area contributed by atoms with Gasteiger partial charge in [-0.1, -0.05) is 0 Å². The van der Waals surface area contributed by atoms with E-state index in [1.165, 1.54) is 0 Å². The molecule has 4 N–H and O–H groups in total. The highest BCUT2D eigenvalue weighted by Gasteiger charge is 2.76. The number of anilines is 2. The first kappa shape index (κ1) is 28.9. The van der Waals surface area contributed by atoms with Gasteiger partial charge in [-0.05, 0) is 24.3 Å². The number of hydrogen-bond donors (Lipinski definition) is 2. The largest absolute Gasteiger partial charge is 0.474 e. The van der Waals surface area contributed by atoms with Crippen LogP contribution in [0.25, 0.3) is 11.1 Å². The van der Waals surface area contributed by atoms with Crippen LogP contribution in [0.1, 0.15) is 0 Å². The Hall–Kier alpha value is -3.34. The SMILES string of the molecule is Nc1ccc(-c2ccc(N)cc2OC(F)(F)C(F)(F)C(F)(F)F)c(OC(F)(F)C(F)(F)C(F)(F)F)c1. The van der Waals surface area contributed by atoms with Crippen LogP contribution in [-0.2, 0) is 0 Å². The Bertz CT molecular complexity index is 1020. The standard InChI is InChI=1S/C18H10F14N2O2/c19-13(20,15(23,24)25)17(29,30)35-11-5-7(33)1-3-9(11)10-4-2-8(34)6-12(10)36-18(31,32)14(21,22)16(26,27)28/h1-6H,33-34H2. The molecule has 2 rings (SSSR count). The van der Waals surface area contributed by atoms with Crippen LogP contribution >= 0.6 is 0 Å². The number of nitrogen functional groups attached to an aromatic ring is 2. The second-order valence-corrected chi connectivity index (χ2v) is 6.89. The molecular formula is C18H10F14N2O2. The lowest BCUT2D eigenvalue weighted by atomic mass is 10.0. The van der Waals surface area contributed by atoms with Crippen molar-refractivity contribution in [1.82, 2.24) is 0 Å². The zero-order valence-electron chi connectivity index (χ0n) is 16.7. The lowest BCUT2D eigenvalue weighted by molar-refractivity contribution is -0.403. The molecule has 18 heteroatoms. The average molecular weight is 552 g/mol. The van der Waals surface area contributed by atoms with Crippen LogP contribution in [-0.4, -0.2) is 36.4 Å². The third-order valence-electron chi connectivity index (χ3n) is 4.22. The van der Waals surface area contributed by atoms with Gasteiger partial charge in [0.25, 0.3) is 0 Å². The van der Waals surface area contributed by atoms with Crippen molar-refractivity contribution in [3.8, 4) is 22.6 Å². The van der Waals surface area contributed by atoms with Crippen molar-refractivity contribution in [2.24, 2.45) is 0 Å². The van der Waals surface area contributed by atoms with E-state index in [2.05, 4.69) is 9.47 Å². The summed E-state index contributed by atoms with van der Waals surface area (Å²) in [5, 5.41) is 0. The molecule has 0 bridgehead atoms. The first-order chi connectivity index (χ1) is 15.9. The van der Waals surface area contributed by atoms with Gasteiger partial charge in [0.05, 0.1) is 0 Å². The Morgan fingerprint density at radius 2 is 0.750 bits per heavy atom. The van der Waals surface area contributed by atoms with Crippen LogP contribution in [0.3, 0.4) is 0 Å². The molecule has 2 aromatic carbocycles. The van der Waals surface area contributed by atoms with Crippen LogP contribution in [0.2, 0.25) is 0 Å². The average Bonchev–Trinajstić information content (AvgIpc) is 2.66. The summed E-state index contributed by atoms with van der Waals surface area (Å²) >= 11 is 0. The lowest BCUT2D eigenvalue weighted by Crippen LogP contribution is -2.55. The number of benzene rings is 2. The number of nitrogens with two attached hydrogens (primary N) is 2. The minimum Gasteiger partial charge on any atom is -0.427 e. The van der Waals surface area contributed by atoms with Gasteiger partial charge in [-0.25, -0.2) is 0 Å². The van der Waals surface area contributed by atoms with E-state index in [1.54, 1.807) is 0 Å².